The fourth-order valence-corrected chi connectivity index (χ4v) is 3.55. The van der Waals surface area contributed by atoms with Crippen LogP contribution in [0.25, 0.3) is 12.2 Å². The lowest BCUT2D eigenvalue weighted by atomic mass is 9.89. The first kappa shape index (κ1) is 18.7. The van der Waals surface area contributed by atoms with Crippen LogP contribution in [0.4, 0.5) is 5.69 Å². The fraction of sp³-hybridized carbons (Fsp3) is 0.0435. The number of anilines is 1. The van der Waals surface area contributed by atoms with Crippen LogP contribution < -0.4 is 20.5 Å². The maximum Gasteiger partial charge on any atom is 0.336 e. The molecular formula is C23H17NO4S. The van der Waals surface area contributed by atoms with Crippen molar-refractivity contribution in [2.24, 2.45) is 0 Å². The first-order valence-electron chi connectivity index (χ1n) is 8.83. The number of phenolic OH excluding ortho intramolecular Hbond substituents is 1. The van der Waals surface area contributed by atoms with Crippen LogP contribution in [0.3, 0.4) is 0 Å². The molecule has 0 amide bonds. The summed E-state index contributed by atoms with van der Waals surface area (Å²) in [6.45, 7) is 5.66. The molecule has 144 valence electrons. The van der Waals surface area contributed by atoms with Gasteiger partial charge in [0, 0.05) is 28.1 Å². The molecule has 4 rings (SSSR count). The minimum absolute atomic E-state index is 0.0618. The molecule has 5 nitrogen and oxygen atoms in total. The van der Waals surface area contributed by atoms with Crippen LogP contribution >= 0.6 is 12.2 Å². The summed E-state index contributed by atoms with van der Waals surface area (Å²) in [6.07, 6.45) is 0. The van der Waals surface area contributed by atoms with Crippen LogP contribution in [0.15, 0.2) is 54.6 Å². The first-order valence-corrected chi connectivity index (χ1v) is 9.24. The Morgan fingerprint density at radius 1 is 1.03 bits per heavy atom. The molecule has 0 spiro atoms. The molecule has 29 heavy (non-hydrogen) atoms. The zero-order valence-corrected chi connectivity index (χ0v) is 16.3. The molecule has 1 heterocycles. The molecule has 3 aromatic rings. The molecule has 0 fully saturated rings. The van der Waals surface area contributed by atoms with Crippen LogP contribution in [0.1, 0.15) is 28.4 Å². The van der Waals surface area contributed by atoms with Crippen molar-refractivity contribution < 1.29 is 19.7 Å². The van der Waals surface area contributed by atoms with E-state index in [2.05, 4.69) is 11.9 Å². The van der Waals surface area contributed by atoms with Crippen molar-refractivity contribution in [3.63, 3.8) is 0 Å². The summed E-state index contributed by atoms with van der Waals surface area (Å²) in [5.41, 5.74) is 2.68. The minimum atomic E-state index is -1.06. The minimum Gasteiger partial charge on any atom is -0.508 e. The topological polar surface area (TPSA) is 78.8 Å². The summed E-state index contributed by atoms with van der Waals surface area (Å²) in [5, 5.41) is 24.3. The summed E-state index contributed by atoms with van der Waals surface area (Å²) >= 11 is 5.06. The molecule has 0 radical (unpaired) electrons. The van der Waals surface area contributed by atoms with Crippen LogP contribution in [0, 0.1) is 0 Å². The van der Waals surface area contributed by atoms with Crippen molar-refractivity contribution in [1.29, 1.82) is 0 Å². The highest BCUT2D eigenvalue weighted by Crippen LogP contribution is 2.39. The van der Waals surface area contributed by atoms with E-state index in [1.165, 1.54) is 6.07 Å². The Labute approximate surface area is 172 Å². The highest BCUT2D eigenvalue weighted by molar-refractivity contribution is 7.80. The quantitative estimate of drug-likeness (QED) is 0.454. The predicted octanol–water partition coefficient (Wildman–Crippen LogP) is 3.61. The third-order valence-corrected chi connectivity index (χ3v) is 4.71. The van der Waals surface area contributed by atoms with Gasteiger partial charge < -0.3 is 20.3 Å². The van der Waals surface area contributed by atoms with Crippen molar-refractivity contribution in [3.05, 3.63) is 81.7 Å². The summed E-state index contributed by atoms with van der Waals surface area (Å²) < 4.78 is 5.97. The third kappa shape index (κ3) is 3.46. The molecule has 3 aromatic carbocycles. The summed E-state index contributed by atoms with van der Waals surface area (Å²) in [6, 6.07) is 15.4. The zero-order chi connectivity index (χ0) is 20.7. The SMILES string of the molecule is C=c1ccc2c(c1)Oc1cc(O)ccc1C=2c1ccc(NC(C)=S)cc1C(=O)O. The normalized spacial score (nSPS) is 11.8. The largest absolute Gasteiger partial charge is 0.508 e. The van der Waals surface area contributed by atoms with Crippen molar-refractivity contribution in [2.45, 2.75) is 6.92 Å². The van der Waals surface area contributed by atoms with E-state index in [0.29, 0.717) is 38.9 Å². The second kappa shape index (κ2) is 7.07. The maximum absolute atomic E-state index is 12.1. The number of aromatic carboxylic acids is 1. The van der Waals surface area contributed by atoms with E-state index in [-0.39, 0.29) is 11.3 Å². The lowest BCUT2D eigenvalue weighted by molar-refractivity contribution is 0.0696. The van der Waals surface area contributed by atoms with Crippen LogP contribution in [0.2, 0.25) is 0 Å². The molecule has 0 atom stereocenters. The lowest BCUT2D eigenvalue weighted by Gasteiger charge is -2.22. The molecule has 0 saturated heterocycles. The van der Waals surface area contributed by atoms with Gasteiger partial charge in [0.1, 0.15) is 17.2 Å². The van der Waals surface area contributed by atoms with Crippen molar-refractivity contribution >= 4 is 41.0 Å². The fourth-order valence-electron chi connectivity index (χ4n) is 3.43. The van der Waals surface area contributed by atoms with Gasteiger partial charge in [-0.3, -0.25) is 0 Å². The predicted molar refractivity (Wildman–Crippen MR) is 116 cm³/mol. The van der Waals surface area contributed by atoms with E-state index in [1.807, 2.05) is 12.1 Å². The van der Waals surface area contributed by atoms with Gasteiger partial charge in [-0.1, -0.05) is 37.0 Å². The van der Waals surface area contributed by atoms with Gasteiger partial charge in [0.05, 0.1) is 10.6 Å². The Bertz CT molecular complexity index is 1300. The number of fused-ring (bicyclic) bond motifs is 2. The smallest absolute Gasteiger partial charge is 0.336 e. The number of carboxylic acid groups (broad SMARTS) is 1. The average molecular weight is 403 g/mol. The number of carboxylic acids is 1. The molecule has 0 aromatic heterocycles. The number of hydrogen-bond donors (Lipinski definition) is 3. The molecule has 3 N–H and O–H groups in total. The Hall–Kier alpha value is -3.64. The number of nitrogens with one attached hydrogen (secondary N) is 1. The van der Waals surface area contributed by atoms with Gasteiger partial charge in [-0.05, 0) is 48.0 Å². The Morgan fingerprint density at radius 3 is 2.52 bits per heavy atom. The van der Waals surface area contributed by atoms with Crippen LogP contribution in [-0.2, 0) is 0 Å². The maximum atomic E-state index is 12.1. The molecule has 0 unspecified atom stereocenters. The number of thiocarbonyl (C=S) groups is 1. The molecule has 1 aliphatic rings. The van der Waals surface area contributed by atoms with Crippen molar-refractivity contribution in [3.8, 4) is 17.2 Å². The van der Waals surface area contributed by atoms with Gasteiger partial charge in [-0.2, -0.15) is 0 Å². The highest BCUT2D eigenvalue weighted by atomic mass is 32.1. The van der Waals surface area contributed by atoms with Gasteiger partial charge in [0.15, 0.2) is 0 Å². The number of phenols is 1. The molecule has 6 heteroatoms. The second-order valence-electron chi connectivity index (χ2n) is 6.73. The van der Waals surface area contributed by atoms with E-state index in [9.17, 15) is 15.0 Å². The highest BCUT2D eigenvalue weighted by Gasteiger charge is 2.24. The van der Waals surface area contributed by atoms with E-state index in [0.717, 1.165) is 10.4 Å². The van der Waals surface area contributed by atoms with Crippen LogP contribution in [0.5, 0.6) is 17.2 Å². The first-order chi connectivity index (χ1) is 13.8. The summed E-state index contributed by atoms with van der Waals surface area (Å²) in [7, 11) is 0. The number of ether oxygens (including phenoxy) is 1. The molecule has 0 saturated carbocycles. The lowest BCUT2D eigenvalue weighted by Crippen LogP contribution is -2.20. The van der Waals surface area contributed by atoms with Crippen LogP contribution in [-0.4, -0.2) is 21.2 Å². The number of aromatic hydroxyl groups is 1. The van der Waals surface area contributed by atoms with E-state index < -0.39 is 5.97 Å². The standard InChI is InChI=1S/C23H17NO4S/c1-12-3-6-17-20(9-12)28-21-11-15(25)5-8-18(21)22(17)16-7-4-14(24-13(2)29)10-19(16)23(26)27/h3-11,25H,1H2,2H3,(H,24,29)(H,26,27). The van der Waals surface area contributed by atoms with Gasteiger partial charge >= 0.3 is 5.97 Å². The van der Waals surface area contributed by atoms with Gasteiger partial charge in [-0.15, -0.1) is 0 Å². The number of hydrogen-bond acceptors (Lipinski definition) is 4. The monoisotopic (exact) mass is 403 g/mol. The van der Waals surface area contributed by atoms with E-state index in [1.54, 1.807) is 43.3 Å². The number of benzene rings is 3. The molecular weight excluding hydrogens is 386 g/mol. The van der Waals surface area contributed by atoms with Crippen molar-refractivity contribution in [1.82, 2.24) is 0 Å². The molecule has 0 bridgehead atoms. The summed E-state index contributed by atoms with van der Waals surface area (Å²) in [4.78, 5) is 12.6. The number of rotatable bonds is 3. The number of carbonyl (C=O) groups is 1. The van der Waals surface area contributed by atoms with Gasteiger partial charge in [0.25, 0.3) is 0 Å². The van der Waals surface area contributed by atoms with E-state index in [4.69, 9.17) is 17.0 Å². The zero-order valence-electron chi connectivity index (χ0n) is 15.5. The second-order valence-corrected chi connectivity index (χ2v) is 7.35. The Kier molecular flexibility index (Phi) is 4.56. The van der Waals surface area contributed by atoms with E-state index >= 15 is 0 Å². The van der Waals surface area contributed by atoms with Gasteiger partial charge in [0.2, 0.25) is 0 Å². The van der Waals surface area contributed by atoms with Gasteiger partial charge in [-0.25, -0.2) is 4.79 Å². The molecule has 1 aliphatic heterocycles. The average Bonchev–Trinajstić information content (AvgIpc) is 2.65. The Balaban J connectivity index is 2.07. The Morgan fingerprint density at radius 2 is 1.79 bits per heavy atom. The third-order valence-electron chi connectivity index (χ3n) is 4.61. The summed E-state index contributed by atoms with van der Waals surface area (Å²) in [5.74, 6) is 0.0114. The molecule has 0 aliphatic carbocycles. The van der Waals surface area contributed by atoms with Crippen molar-refractivity contribution in [2.75, 3.05) is 5.32 Å².